The zero-order valence-corrected chi connectivity index (χ0v) is 14.7. The molecule has 1 atom stereocenters. The van der Waals surface area contributed by atoms with Gasteiger partial charge in [-0.25, -0.2) is 4.79 Å². The molecule has 5 nitrogen and oxygen atoms in total. The van der Waals surface area contributed by atoms with Crippen LogP contribution in [0.2, 0.25) is 0 Å². The summed E-state index contributed by atoms with van der Waals surface area (Å²) in [7, 11) is 0. The average Bonchev–Trinajstić information content (AvgIpc) is 2.47. The number of nitrogens with zero attached hydrogens (tertiary/aromatic N) is 2. The van der Waals surface area contributed by atoms with Crippen molar-refractivity contribution < 1.29 is 9.53 Å². The summed E-state index contributed by atoms with van der Waals surface area (Å²) in [4.78, 5) is 16.3. The number of amides is 1. The molecule has 5 heteroatoms. The largest absolute Gasteiger partial charge is 0.444 e. The van der Waals surface area contributed by atoms with Crippen LogP contribution in [0.1, 0.15) is 37.9 Å². The lowest BCUT2D eigenvalue weighted by atomic mass is 10.0. The highest BCUT2D eigenvalue weighted by molar-refractivity contribution is 5.68. The molecule has 1 fully saturated rings. The lowest BCUT2D eigenvalue weighted by Gasteiger charge is -2.39. The van der Waals surface area contributed by atoms with Crippen LogP contribution in [-0.4, -0.2) is 54.2 Å². The lowest BCUT2D eigenvalue weighted by molar-refractivity contribution is 0.0106. The van der Waals surface area contributed by atoms with Gasteiger partial charge in [-0.1, -0.05) is 29.8 Å². The van der Waals surface area contributed by atoms with Crippen molar-refractivity contribution in [1.82, 2.24) is 9.80 Å². The van der Waals surface area contributed by atoms with Crippen LogP contribution in [0.15, 0.2) is 24.3 Å². The third-order valence-corrected chi connectivity index (χ3v) is 4.06. The highest BCUT2D eigenvalue weighted by Crippen LogP contribution is 2.22. The summed E-state index contributed by atoms with van der Waals surface area (Å²) in [6.45, 7) is 11.3. The Morgan fingerprint density at radius 3 is 2.43 bits per heavy atom. The number of hydrogen-bond donors (Lipinski definition) is 1. The van der Waals surface area contributed by atoms with Gasteiger partial charge in [0.15, 0.2) is 0 Å². The van der Waals surface area contributed by atoms with E-state index in [-0.39, 0.29) is 12.1 Å². The maximum Gasteiger partial charge on any atom is 0.410 e. The van der Waals surface area contributed by atoms with Crippen molar-refractivity contribution in [2.45, 2.75) is 39.3 Å². The SMILES string of the molecule is Cc1cccc(C(CN)N2CCN(C(=O)OC(C)(C)C)CC2)c1. The molecule has 1 aromatic carbocycles. The average molecular weight is 319 g/mol. The number of aryl methyl sites for hydroxylation is 1. The standard InChI is InChI=1S/C18H29N3O2/c1-14-6-5-7-15(12-14)16(13-19)20-8-10-21(11-9-20)17(22)23-18(2,3)4/h5-7,12,16H,8-11,13,19H2,1-4H3. The molecule has 1 saturated heterocycles. The zero-order chi connectivity index (χ0) is 17.0. The van der Waals surface area contributed by atoms with E-state index in [0.29, 0.717) is 19.6 Å². The molecule has 1 aromatic rings. The predicted octanol–water partition coefficient (Wildman–Crippen LogP) is 2.55. The molecule has 2 rings (SSSR count). The molecule has 1 amide bonds. The zero-order valence-electron chi connectivity index (χ0n) is 14.7. The van der Waals surface area contributed by atoms with Gasteiger partial charge in [-0.15, -0.1) is 0 Å². The van der Waals surface area contributed by atoms with Gasteiger partial charge in [0.2, 0.25) is 0 Å². The fourth-order valence-electron chi connectivity index (χ4n) is 2.92. The van der Waals surface area contributed by atoms with Crippen molar-refractivity contribution in [3.05, 3.63) is 35.4 Å². The monoisotopic (exact) mass is 319 g/mol. The Hall–Kier alpha value is -1.59. The van der Waals surface area contributed by atoms with E-state index >= 15 is 0 Å². The predicted molar refractivity (Wildman–Crippen MR) is 92.4 cm³/mol. The van der Waals surface area contributed by atoms with Gasteiger partial charge in [0.1, 0.15) is 5.60 Å². The van der Waals surface area contributed by atoms with Crippen molar-refractivity contribution in [3.63, 3.8) is 0 Å². The van der Waals surface area contributed by atoms with E-state index in [1.807, 2.05) is 20.8 Å². The quantitative estimate of drug-likeness (QED) is 0.930. The minimum Gasteiger partial charge on any atom is -0.444 e. The summed E-state index contributed by atoms with van der Waals surface area (Å²) in [5.41, 5.74) is 8.06. The van der Waals surface area contributed by atoms with Crippen LogP contribution in [0.4, 0.5) is 4.79 Å². The second-order valence-corrected chi connectivity index (χ2v) is 7.17. The van der Waals surface area contributed by atoms with E-state index in [1.165, 1.54) is 11.1 Å². The maximum absolute atomic E-state index is 12.1. The first-order valence-corrected chi connectivity index (χ1v) is 8.29. The minimum atomic E-state index is -0.449. The van der Waals surface area contributed by atoms with E-state index < -0.39 is 5.60 Å². The van der Waals surface area contributed by atoms with Crippen molar-refractivity contribution in [1.29, 1.82) is 0 Å². The molecule has 0 aromatic heterocycles. The molecule has 0 bridgehead atoms. The summed E-state index contributed by atoms with van der Waals surface area (Å²) >= 11 is 0. The van der Waals surface area contributed by atoms with Gasteiger partial charge in [-0.05, 0) is 33.3 Å². The molecule has 0 aliphatic carbocycles. The summed E-state index contributed by atoms with van der Waals surface area (Å²) in [5, 5.41) is 0. The van der Waals surface area contributed by atoms with E-state index in [1.54, 1.807) is 4.90 Å². The van der Waals surface area contributed by atoms with Crippen LogP contribution in [0.25, 0.3) is 0 Å². The molecule has 1 heterocycles. The van der Waals surface area contributed by atoms with Gasteiger partial charge in [-0.2, -0.15) is 0 Å². The van der Waals surface area contributed by atoms with Gasteiger partial charge in [-0.3, -0.25) is 4.90 Å². The normalized spacial score (nSPS) is 17.9. The van der Waals surface area contributed by atoms with Crippen LogP contribution in [0.3, 0.4) is 0 Å². The van der Waals surface area contributed by atoms with Crippen LogP contribution < -0.4 is 5.73 Å². The molecule has 0 spiro atoms. The summed E-state index contributed by atoms with van der Waals surface area (Å²) < 4.78 is 5.44. The maximum atomic E-state index is 12.1. The first kappa shape index (κ1) is 17.8. The smallest absolute Gasteiger partial charge is 0.410 e. The van der Waals surface area contributed by atoms with Crippen LogP contribution in [-0.2, 0) is 4.74 Å². The first-order chi connectivity index (χ1) is 10.8. The van der Waals surface area contributed by atoms with E-state index in [2.05, 4.69) is 36.1 Å². The molecular formula is C18H29N3O2. The van der Waals surface area contributed by atoms with Crippen molar-refractivity contribution in [3.8, 4) is 0 Å². The summed E-state index contributed by atoms with van der Waals surface area (Å²) in [6, 6.07) is 8.69. The third-order valence-electron chi connectivity index (χ3n) is 4.06. The number of hydrogen-bond acceptors (Lipinski definition) is 4. The Morgan fingerprint density at radius 2 is 1.91 bits per heavy atom. The third kappa shape index (κ3) is 4.94. The van der Waals surface area contributed by atoms with Crippen LogP contribution >= 0.6 is 0 Å². The molecule has 0 saturated carbocycles. The van der Waals surface area contributed by atoms with Crippen LogP contribution in [0, 0.1) is 6.92 Å². The Kier molecular flexibility index (Phi) is 5.65. The molecule has 1 unspecified atom stereocenters. The molecule has 1 aliphatic rings. The minimum absolute atomic E-state index is 0.204. The number of carbonyl (C=O) groups excluding carboxylic acids is 1. The second-order valence-electron chi connectivity index (χ2n) is 7.17. The fourth-order valence-corrected chi connectivity index (χ4v) is 2.92. The van der Waals surface area contributed by atoms with E-state index in [4.69, 9.17) is 10.5 Å². The van der Waals surface area contributed by atoms with Gasteiger partial charge < -0.3 is 15.4 Å². The Balaban J connectivity index is 1.96. The Bertz CT molecular complexity index is 531. The number of nitrogens with two attached hydrogens (primary N) is 1. The number of piperazine rings is 1. The second kappa shape index (κ2) is 7.32. The lowest BCUT2D eigenvalue weighted by Crippen LogP contribution is -2.51. The molecule has 128 valence electrons. The van der Waals surface area contributed by atoms with Crippen molar-refractivity contribution in [2.24, 2.45) is 5.73 Å². The van der Waals surface area contributed by atoms with Crippen molar-refractivity contribution in [2.75, 3.05) is 32.7 Å². The molecule has 2 N–H and O–H groups in total. The number of benzene rings is 1. The molecule has 23 heavy (non-hydrogen) atoms. The molecule has 0 radical (unpaired) electrons. The first-order valence-electron chi connectivity index (χ1n) is 8.29. The topological polar surface area (TPSA) is 58.8 Å². The molecular weight excluding hydrogens is 290 g/mol. The van der Waals surface area contributed by atoms with Gasteiger partial charge in [0, 0.05) is 38.8 Å². The Labute approximate surface area is 139 Å². The van der Waals surface area contributed by atoms with E-state index in [9.17, 15) is 4.79 Å². The fraction of sp³-hybridized carbons (Fsp3) is 0.611. The number of carbonyl (C=O) groups is 1. The highest BCUT2D eigenvalue weighted by Gasteiger charge is 2.28. The van der Waals surface area contributed by atoms with Gasteiger partial charge >= 0.3 is 6.09 Å². The van der Waals surface area contributed by atoms with Gasteiger partial charge in [0.25, 0.3) is 0 Å². The number of rotatable bonds is 3. The van der Waals surface area contributed by atoms with Gasteiger partial charge in [0.05, 0.1) is 0 Å². The molecule has 1 aliphatic heterocycles. The van der Waals surface area contributed by atoms with Crippen LogP contribution in [0.5, 0.6) is 0 Å². The summed E-state index contributed by atoms with van der Waals surface area (Å²) in [6.07, 6.45) is -0.225. The Morgan fingerprint density at radius 1 is 1.26 bits per heavy atom. The van der Waals surface area contributed by atoms with Crippen molar-refractivity contribution >= 4 is 6.09 Å². The number of ether oxygens (including phenoxy) is 1. The van der Waals surface area contributed by atoms with E-state index in [0.717, 1.165) is 13.1 Å². The summed E-state index contributed by atoms with van der Waals surface area (Å²) in [5.74, 6) is 0. The highest BCUT2D eigenvalue weighted by atomic mass is 16.6.